The maximum Gasteiger partial charge on any atom is 0.392 e. The molecule has 0 aromatic rings. The van der Waals surface area contributed by atoms with Crippen LogP contribution < -0.4 is 0 Å². The second-order valence-corrected chi connectivity index (χ2v) is 5.85. The lowest BCUT2D eigenvalue weighted by Gasteiger charge is -2.35. The molecule has 0 fully saturated rings. The van der Waals surface area contributed by atoms with Crippen LogP contribution in [0.1, 0.15) is 19.8 Å². The smallest absolute Gasteiger partial charge is 0.392 e. The van der Waals surface area contributed by atoms with E-state index in [1.165, 1.54) is 0 Å². The van der Waals surface area contributed by atoms with Gasteiger partial charge in [0.1, 0.15) is 6.61 Å². The van der Waals surface area contributed by atoms with Crippen molar-refractivity contribution in [3.63, 3.8) is 0 Å². The minimum atomic E-state index is -5.46. The standard InChI is InChI=1S/C14H14F12O4/c1-3-9(27)29-10(2,30-14(25,26)8(16)5-12(20,21)22)6-28-13(23,24)7(15)4-11(17,18)19/h3,7-8H,1,4-6H2,2H3. The molecule has 178 valence electrons. The monoisotopic (exact) mass is 474 g/mol. The Morgan fingerprint density at radius 3 is 1.63 bits per heavy atom. The number of esters is 1. The highest BCUT2D eigenvalue weighted by atomic mass is 19.4. The van der Waals surface area contributed by atoms with E-state index in [0.717, 1.165) is 0 Å². The van der Waals surface area contributed by atoms with E-state index in [4.69, 9.17) is 0 Å². The molecule has 0 rings (SSSR count). The van der Waals surface area contributed by atoms with Crippen LogP contribution in [-0.4, -0.2) is 55.3 Å². The van der Waals surface area contributed by atoms with Crippen LogP contribution in [0.4, 0.5) is 52.7 Å². The second-order valence-electron chi connectivity index (χ2n) is 5.85. The van der Waals surface area contributed by atoms with E-state index < -0.39 is 68.1 Å². The van der Waals surface area contributed by atoms with E-state index in [-0.39, 0.29) is 13.0 Å². The van der Waals surface area contributed by atoms with Gasteiger partial charge in [0, 0.05) is 13.0 Å². The van der Waals surface area contributed by atoms with Crippen molar-refractivity contribution in [1.29, 1.82) is 0 Å². The zero-order valence-electron chi connectivity index (χ0n) is 14.7. The first-order chi connectivity index (χ1) is 13.1. The Kier molecular flexibility index (Phi) is 9.07. The molecule has 16 heteroatoms. The molecule has 0 amide bonds. The maximum atomic E-state index is 13.6. The molecule has 0 spiro atoms. The first kappa shape index (κ1) is 28.3. The summed E-state index contributed by atoms with van der Waals surface area (Å²) >= 11 is 0. The number of alkyl halides is 12. The maximum absolute atomic E-state index is 13.6. The lowest BCUT2D eigenvalue weighted by atomic mass is 10.2. The van der Waals surface area contributed by atoms with E-state index >= 15 is 0 Å². The Morgan fingerprint density at radius 1 is 0.867 bits per heavy atom. The fourth-order valence-electron chi connectivity index (χ4n) is 1.65. The van der Waals surface area contributed by atoms with E-state index in [2.05, 4.69) is 20.8 Å². The zero-order chi connectivity index (χ0) is 24.2. The SMILES string of the molecule is C=CC(=O)OC(C)(COC(F)(F)C(F)CC(F)(F)F)OC(F)(F)C(F)CC(F)(F)F. The molecule has 0 aliphatic carbocycles. The highest BCUT2D eigenvalue weighted by molar-refractivity contribution is 5.81. The van der Waals surface area contributed by atoms with Gasteiger partial charge in [-0.3, -0.25) is 4.74 Å². The van der Waals surface area contributed by atoms with Crippen LogP contribution in [0, 0.1) is 0 Å². The van der Waals surface area contributed by atoms with Crippen molar-refractivity contribution in [3.05, 3.63) is 12.7 Å². The van der Waals surface area contributed by atoms with Crippen molar-refractivity contribution in [2.45, 2.75) is 62.5 Å². The van der Waals surface area contributed by atoms with Gasteiger partial charge < -0.3 is 9.47 Å². The molecule has 0 aromatic carbocycles. The van der Waals surface area contributed by atoms with Gasteiger partial charge in [0.2, 0.25) is 5.79 Å². The molecule has 30 heavy (non-hydrogen) atoms. The van der Waals surface area contributed by atoms with Crippen LogP contribution in [0.5, 0.6) is 0 Å². The van der Waals surface area contributed by atoms with Gasteiger partial charge in [0.05, 0.1) is 12.8 Å². The molecule has 0 N–H and O–H groups in total. The van der Waals surface area contributed by atoms with Gasteiger partial charge in [-0.25, -0.2) is 13.6 Å². The first-order valence-electron chi connectivity index (χ1n) is 7.49. The van der Waals surface area contributed by atoms with Crippen molar-refractivity contribution < 1.29 is 71.7 Å². The van der Waals surface area contributed by atoms with Crippen molar-refractivity contribution in [3.8, 4) is 0 Å². The van der Waals surface area contributed by atoms with Gasteiger partial charge in [-0.05, 0) is 0 Å². The summed E-state index contributed by atoms with van der Waals surface area (Å²) in [4.78, 5) is 11.2. The van der Waals surface area contributed by atoms with E-state index in [1.807, 2.05) is 0 Å². The molecule has 0 saturated heterocycles. The highest BCUT2D eigenvalue weighted by Crippen LogP contribution is 2.38. The molecule has 0 saturated carbocycles. The Balaban J connectivity index is 5.52. The van der Waals surface area contributed by atoms with E-state index in [9.17, 15) is 57.5 Å². The number of carbonyl (C=O) groups is 1. The molecule has 3 atom stereocenters. The van der Waals surface area contributed by atoms with Gasteiger partial charge in [-0.1, -0.05) is 6.58 Å². The number of halogens is 12. The minimum Gasteiger partial charge on any atom is -0.427 e. The predicted octanol–water partition coefficient (Wildman–Crippen LogP) is 5.23. The summed E-state index contributed by atoms with van der Waals surface area (Å²) in [6.07, 6.45) is -35.0. The predicted molar refractivity (Wildman–Crippen MR) is 72.8 cm³/mol. The molecule has 0 aliphatic heterocycles. The summed E-state index contributed by atoms with van der Waals surface area (Å²) in [5, 5.41) is 0. The summed E-state index contributed by atoms with van der Waals surface area (Å²) in [6.45, 7) is 0.831. The van der Waals surface area contributed by atoms with Crippen molar-refractivity contribution >= 4 is 5.97 Å². The van der Waals surface area contributed by atoms with E-state index in [0.29, 0.717) is 0 Å². The fraction of sp³-hybridized carbons (Fsp3) is 0.786. The highest BCUT2D eigenvalue weighted by Gasteiger charge is 2.55. The number of hydrogen-bond donors (Lipinski definition) is 0. The second kappa shape index (κ2) is 9.62. The fourth-order valence-corrected chi connectivity index (χ4v) is 1.65. The first-order valence-corrected chi connectivity index (χ1v) is 7.49. The zero-order valence-corrected chi connectivity index (χ0v) is 14.7. The Bertz CT molecular complexity index is 588. The quantitative estimate of drug-likeness (QED) is 0.178. The number of ether oxygens (including phenoxy) is 3. The normalized spacial score (nSPS) is 17.8. The Hall–Kier alpha value is -1.71. The lowest BCUT2D eigenvalue weighted by Crippen LogP contribution is -2.51. The molecule has 0 radical (unpaired) electrons. The summed E-state index contributed by atoms with van der Waals surface area (Å²) in [7, 11) is 0. The van der Waals surface area contributed by atoms with Gasteiger partial charge in [-0.2, -0.15) is 43.9 Å². The molecule has 0 aromatic heterocycles. The van der Waals surface area contributed by atoms with Crippen LogP contribution in [0.2, 0.25) is 0 Å². The van der Waals surface area contributed by atoms with E-state index in [1.54, 1.807) is 0 Å². The largest absolute Gasteiger partial charge is 0.427 e. The van der Waals surface area contributed by atoms with Crippen LogP contribution in [0.25, 0.3) is 0 Å². The third-order valence-corrected chi connectivity index (χ3v) is 2.91. The average molecular weight is 474 g/mol. The van der Waals surface area contributed by atoms with Crippen LogP contribution in [-0.2, 0) is 19.0 Å². The third-order valence-electron chi connectivity index (χ3n) is 2.91. The van der Waals surface area contributed by atoms with Gasteiger partial charge in [0.15, 0.2) is 12.3 Å². The van der Waals surface area contributed by atoms with Gasteiger partial charge in [-0.15, -0.1) is 0 Å². The summed E-state index contributed by atoms with van der Waals surface area (Å²) in [6, 6.07) is 0. The van der Waals surface area contributed by atoms with Crippen molar-refractivity contribution in [2.24, 2.45) is 0 Å². The average Bonchev–Trinajstić information content (AvgIpc) is 2.49. The van der Waals surface area contributed by atoms with Crippen molar-refractivity contribution in [2.75, 3.05) is 6.61 Å². The molecule has 3 unspecified atom stereocenters. The lowest BCUT2D eigenvalue weighted by molar-refractivity contribution is -0.398. The van der Waals surface area contributed by atoms with Crippen molar-refractivity contribution in [1.82, 2.24) is 0 Å². The molecule has 4 nitrogen and oxygen atoms in total. The Morgan fingerprint density at radius 2 is 1.27 bits per heavy atom. The molecule has 0 bridgehead atoms. The summed E-state index contributed by atoms with van der Waals surface area (Å²) in [5.41, 5.74) is 0. The molecule has 0 heterocycles. The van der Waals surface area contributed by atoms with Crippen LogP contribution >= 0.6 is 0 Å². The molecular formula is C14H14F12O4. The number of carbonyl (C=O) groups excluding carboxylic acids is 1. The summed E-state index contributed by atoms with van der Waals surface area (Å²) in [5.74, 6) is -5.20. The third kappa shape index (κ3) is 10.4. The number of hydrogen-bond acceptors (Lipinski definition) is 4. The van der Waals surface area contributed by atoms with Gasteiger partial charge >= 0.3 is 30.5 Å². The number of rotatable bonds is 11. The minimum absolute atomic E-state index is 0.176. The van der Waals surface area contributed by atoms with Crippen LogP contribution in [0.15, 0.2) is 12.7 Å². The van der Waals surface area contributed by atoms with Gasteiger partial charge in [0.25, 0.3) is 0 Å². The molecule has 0 aliphatic rings. The van der Waals surface area contributed by atoms with Crippen LogP contribution in [0.3, 0.4) is 0 Å². The molecular weight excluding hydrogens is 460 g/mol. The Labute approximate surface area is 160 Å². The summed E-state index contributed by atoms with van der Waals surface area (Å²) < 4.78 is 164. The topological polar surface area (TPSA) is 44.8 Å².